The number of nitro benzene ring substituents is 1. The van der Waals surface area contributed by atoms with Crippen molar-refractivity contribution in [3.05, 3.63) is 40.4 Å². The summed E-state index contributed by atoms with van der Waals surface area (Å²) >= 11 is 0.778. The van der Waals surface area contributed by atoms with Crippen molar-refractivity contribution in [2.45, 2.75) is 0 Å². The molecule has 0 aliphatic rings. The first-order valence-corrected chi connectivity index (χ1v) is 5.90. The van der Waals surface area contributed by atoms with Crippen LogP contribution in [0, 0.1) is 10.1 Å². The lowest BCUT2D eigenvalue weighted by Crippen LogP contribution is -1.84. The molecule has 0 radical (unpaired) electrons. The third-order valence-corrected chi connectivity index (χ3v) is 0.967. The van der Waals surface area contributed by atoms with Gasteiger partial charge in [-0.05, 0) is 0 Å². The zero-order valence-corrected chi connectivity index (χ0v) is 8.78. The van der Waals surface area contributed by atoms with Gasteiger partial charge in [-0.3, -0.25) is 20.2 Å². The lowest BCUT2D eigenvalue weighted by atomic mass is 10.3. The van der Waals surface area contributed by atoms with E-state index in [2.05, 4.69) is 0 Å². The molecule has 0 N–H and O–H groups in total. The highest BCUT2D eigenvalue weighted by Crippen LogP contribution is 2.06. The Kier molecular flexibility index (Phi) is 5.86. The van der Waals surface area contributed by atoms with Crippen LogP contribution in [0.3, 0.4) is 0 Å². The number of para-hydroxylation sites is 1. The van der Waals surface area contributed by atoms with Crippen LogP contribution in [0.15, 0.2) is 30.3 Å². The van der Waals surface area contributed by atoms with Crippen molar-refractivity contribution in [1.29, 1.82) is 0 Å². The Morgan fingerprint density at radius 2 is 1.73 bits per heavy atom. The molecule has 0 saturated carbocycles. The van der Waals surface area contributed by atoms with Crippen molar-refractivity contribution in [2.24, 2.45) is 0 Å². The van der Waals surface area contributed by atoms with Crippen LogP contribution < -0.4 is 0 Å². The summed E-state index contributed by atoms with van der Waals surface area (Å²) < 4.78 is 0. The molecule has 0 amide bonds. The summed E-state index contributed by atoms with van der Waals surface area (Å²) in [5, 5.41) is 10.0. The van der Waals surface area contributed by atoms with E-state index in [9.17, 15) is 10.1 Å². The Hall–Kier alpha value is -0.558. The van der Waals surface area contributed by atoms with Gasteiger partial charge in [0.05, 0.1) is 4.92 Å². The van der Waals surface area contributed by atoms with Gasteiger partial charge in [0.15, 0.2) is 0 Å². The molecule has 0 heterocycles. The monoisotopic (exact) mass is 187 g/mol. The van der Waals surface area contributed by atoms with Crippen molar-refractivity contribution in [2.75, 3.05) is 0 Å². The minimum atomic E-state index is -0.417. The molecule has 1 aromatic carbocycles. The molecular weight excluding hydrogens is 181 g/mol. The van der Waals surface area contributed by atoms with E-state index in [-0.39, 0.29) is 5.69 Å². The lowest BCUT2D eigenvalue weighted by Gasteiger charge is -1.85. The zero-order chi connectivity index (χ0) is 8.69. The normalized spacial score (nSPS) is 7.73. The Morgan fingerprint density at radius 1 is 1.27 bits per heavy atom. The maximum Gasteiger partial charge on any atom is 0.353 e. The Bertz CT molecular complexity index is 217. The van der Waals surface area contributed by atoms with Crippen LogP contribution in [0.25, 0.3) is 0 Å². The van der Waals surface area contributed by atoms with Crippen LogP contribution in [-0.4, -0.2) is 20.3 Å². The fourth-order valence-corrected chi connectivity index (χ4v) is 0.550. The predicted octanol–water partition coefficient (Wildman–Crippen LogP) is 1.37. The molecule has 0 saturated heterocycles. The van der Waals surface area contributed by atoms with Crippen LogP contribution in [-0.2, 0) is 0 Å². The quantitative estimate of drug-likeness (QED) is 0.379. The number of halogens is 1. The van der Waals surface area contributed by atoms with Crippen LogP contribution in [0.5, 0.6) is 0 Å². The Balaban J connectivity index is 0.000000461. The fraction of sp³-hybridized carbons (Fsp3) is 0. The zero-order valence-electron chi connectivity index (χ0n) is 6.03. The minimum Gasteiger partial charge on any atom is -0.273 e. The molecule has 3 nitrogen and oxygen atoms in total. The third kappa shape index (κ3) is 3.99. The number of hydrogen-bond acceptors (Lipinski definition) is 2. The van der Waals surface area contributed by atoms with E-state index in [1.54, 1.807) is 18.2 Å². The molecule has 0 aliphatic carbocycles. The van der Waals surface area contributed by atoms with Gasteiger partial charge in [0.25, 0.3) is 5.69 Å². The number of benzene rings is 1. The second kappa shape index (κ2) is 6.17. The maximum absolute atomic E-state index is 10.0. The van der Waals surface area contributed by atoms with Crippen LogP contribution in [0.4, 0.5) is 5.69 Å². The van der Waals surface area contributed by atoms with E-state index in [1.165, 1.54) is 12.1 Å². The van der Waals surface area contributed by atoms with Gasteiger partial charge in [-0.25, -0.2) is 0 Å². The Labute approximate surface area is 76.8 Å². The maximum atomic E-state index is 10.0. The molecule has 0 fully saturated rings. The van der Waals surface area contributed by atoms with Gasteiger partial charge in [0, 0.05) is 12.1 Å². The molecule has 5 heteroatoms. The van der Waals surface area contributed by atoms with Crippen LogP contribution >= 0.6 is 10.0 Å². The summed E-state index contributed by atoms with van der Waals surface area (Å²) in [4.78, 5) is 9.59. The smallest absolute Gasteiger partial charge is 0.273 e. The second-order valence-corrected chi connectivity index (χ2v) is 1.59. The molecule has 0 bridgehead atoms. The molecule has 0 aromatic heterocycles. The van der Waals surface area contributed by atoms with Gasteiger partial charge in [-0.1, -0.05) is 18.2 Å². The van der Waals surface area contributed by atoms with E-state index in [0.717, 1.165) is 15.4 Å². The summed E-state index contributed by atoms with van der Waals surface area (Å²) in [6.45, 7) is 0. The minimum absolute atomic E-state index is 0.137. The molecule has 58 valence electrons. The number of rotatable bonds is 1. The van der Waals surface area contributed by atoms with Crippen molar-refractivity contribution >= 4 is 31.1 Å². The summed E-state index contributed by atoms with van der Waals surface area (Å²) in [7, 11) is 4.78. The Morgan fingerprint density at radius 3 is 2.00 bits per heavy atom. The molecule has 0 aliphatic heterocycles. The van der Waals surface area contributed by atoms with Crippen LogP contribution in [0.1, 0.15) is 0 Å². The number of hydrogen-bond donors (Lipinski definition) is 0. The van der Waals surface area contributed by atoms with E-state index >= 15 is 0 Å². The first-order chi connectivity index (χ1) is 5.30. The lowest BCUT2D eigenvalue weighted by molar-refractivity contribution is -0.384. The average molecular weight is 188 g/mol. The number of nitrogens with zero attached hydrogens (tertiary/aromatic N) is 1. The summed E-state index contributed by atoms with van der Waals surface area (Å²) in [5.41, 5.74) is 0.137. The molecule has 11 heavy (non-hydrogen) atoms. The van der Waals surface area contributed by atoms with Crippen LogP contribution in [0.2, 0.25) is 0 Å². The first kappa shape index (κ1) is 10.4. The van der Waals surface area contributed by atoms with Crippen molar-refractivity contribution < 1.29 is 4.92 Å². The van der Waals surface area contributed by atoms with Crippen molar-refractivity contribution in [3.8, 4) is 0 Å². The molecule has 0 spiro atoms. The average Bonchev–Trinajstić information content (AvgIpc) is 2.10. The van der Waals surface area contributed by atoms with Gasteiger partial charge in [0.2, 0.25) is 0 Å². The van der Waals surface area contributed by atoms with Gasteiger partial charge in [-0.2, -0.15) is 0 Å². The van der Waals surface area contributed by atoms with Gasteiger partial charge in [0.1, 0.15) is 0 Å². The summed E-state index contributed by atoms with van der Waals surface area (Å²) in [6.07, 6.45) is 0. The highest BCUT2D eigenvalue weighted by molar-refractivity contribution is 6.80. The highest BCUT2D eigenvalue weighted by Gasteiger charge is 1.98. The first-order valence-electron chi connectivity index (χ1n) is 2.88. The van der Waals surface area contributed by atoms with E-state index < -0.39 is 4.92 Å². The third-order valence-electron chi connectivity index (χ3n) is 0.967. The largest absolute Gasteiger partial charge is 0.353 e. The SMILES string of the molecule is O=[N+]([O-])c1ccccc1.[AlH2][Cl]. The molecule has 0 atom stereocenters. The number of non-ortho nitro benzene ring substituents is 1. The standard InChI is InChI=1S/C6H5NO2.Al.ClH.2H/c8-7(9)6-4-2-1-3-5-6;;;;/h1-5H;;1H;;/q;+1;;;/p-1. The molecule has 1 aromatic rings. The van der Waals surface area contributed by atoms with E-state index in [0.29, 0.717) is 0 Å². The molecular formula is C6H7AlClNO2. The number of nitro groups is 1. The molecule has 1 rings (SSSR count). The highest BCUT2D eigenvalue weighted by atomic mass is 35.6. The predicted molar refractivity (Wildman–Crippen MR) is 47.5 cm³/mol. The fourth-order valence-electron chi connectivity index (χ4n) is 0.550. The second-order valence-electron chi connectivity index (χ2n) is 1.59. The van der Waals surface area contributed by atoms with Crippen molar-refractivity contribution in [3.63, 3.8) is 0 Å². The topological polar surface area (TPSA) is 43.1 Å². The van der Waals surface area contributed by atoms with Gasteiger partial charge in [-0.15, -0.1) is 0 Å². The van der Waals surface area contributed by atoms with Crippen molar-refractivity contribution in [1.82, 2.24) is 0 Å². The summed E-state index contributed by atoms with van der Waals surface area (Å²) in [5.74, 6) is 0. The van der Waals surface area contributed by atoms with E-state index in [1.807, 2.05) is 0 Å². The van der Waals surface area contributed by atoms with Gasteiger partial charge < -0.3 is 0 Å². The van der Waals surface area contributed by atoms with E-state index in [4.69, 9.17) is 10.0 Å². The summed E-state index contributed by atoms with van der Waals surface area (Å²) in [6, 6.07) is 7.93. The molecule has 0 unspecified atom stereocenters. The van der Waals surface area contributed by atoms with Gasteiger partial charge >= 0.3 is 15.4 Å².